The number of piperidine rings is 1. The van der Waals surface area contributed by atoms with Gasteiger partial charge in [-0.1, -0.05) is 36.4 Å². The second-order valence-corrected chi connectivity index (χ2v) is 9.59. The summed E-state index contributed by atoms with van der Waals surface area (Å²) < 4.78 is 6.39. The van der Waals surface area contributed by atoms with Gasteiger partial charge in [-0.15, -0.1) is 23.7 Å². The summed E-state index contributed by atoms with van der Waals surface area (Å²) in [6, 6.07) is 15.5. The Morgan fingerprint density at radius 3 is 2.71 bits per heavy atom. The van der Waals surface area contributed by atoms with E-state index < -0.39 is 11.5 Å². The van der Waals surface area contributed by atoms with Crippen molar-refractivity contribution in [2.75, 3.05) is 13.1 Å². The predicted molar refractivity (Wildman–Crippen MR) is 137 cm³/mol. The Kier molecular flexibility index (Phi) is 7.66. The molecular formula is C26H26ClN3O4S. The molecule has 9 heteroatoms. The number of hydroxylamine groups is 1. The third kappa shape index (κ3) is 5.62. The van der Waals surface area contributed by atoms with Crippen LogP contribution in [-0.4, -0.2) is 45.5 Å². The highest BCUT2D eigenvalue weighted by atomic mass is 35.5. The van der Waals surface area contributed by atoms with Crippen LogP contribution >= 0.6 is 23.7 Å². The SMILES string of the molecule is Cl.O=C(/C=C/c1ccc2c(c1)C(=O)CC1(CCN(Cc3csc(-c4ccccc4)n3)CC1)O2)NO. The van der Waals surface area contributed by atoms with Gasteiger partial charge in [-0.3, -0.25) is 19.7 Å². The van der Waals surface area contributed by atoms with Crippen LogP contribution in [0.5, 0.6) is 5.75 Å². The maximum atomic E-state index is 13.0. The molecule has 2 N–H and O–H groups in total. The first-order valence-corrected chi connectivity index (χ1v) is 12.1. The number of ether oxygens (including phenoxy) is 1. The number of ketones is 1. The predicted octanol–water partition coefficient (Wildman–Crippen LogP) is 4.75. The Morgan fingerprint density at radius 2 is 1.97 bits per heavy atom. The Morgan fingerprint density at radius 1 is 1.20 bits per heavy atom. The van der Waals surface area contributed by atoms with E-state index in [2.05, 4.69) is 22.4 Å². The van der Waals surface area contributed by atoms with Crippen molar-refractivity contribution >= 4 is 41.5 Å². The Balaban J connectivity index is 0.00000289. The van der Waals surface area contributed by atoms with Crippen molar-refractivity contribution in [1.82, 2.24) is 15.4 Å². The number of Topliss-reactive ketones (excluding diaryl/α,β-unsaturated/α-hetero) is 1. The van der Waals surface area contributed by atoms with Crippen molar-refractivity contribution in [1.29, 1.82) is 0 Å². The van der Waals surface area contributed by atoms with Gasteiger partial charge in [0.05, 0.1) is 17.7 Å². The molecule has 1 aromatic heterocycles. The minimum absolute atomic E-state index is 0. The van der Waals surface area contributed by atoms with Gasteiger partial charge in [-0.2, -0.15) is 0 Å². The maximum absolute atomic E-state index is 13.0. The number of hydrogen-bond donors (Lipinski definition) is 2. The standard InChI is InChI=1S/C26H25N3O4S.ClH/c30-22-15-26(33-23-8-6-18(14-21(22)23)7-9-24(31)28-32)10-12-29(13-11-26)16-20-17-34-25(27-20)19-4-2-1-3-5-19;/h1-9,14,17,32H,10-13,15-16H2,(H,28,31);1H/b9-7+;. The van der Waals surface area contributed by atoms with Gasteiger partial charge in [0.2, 0.25) is 0 Å². The first kappa shape index (κ1) is 25.1. The molecule has 35 heavy (non-hydrogen) atoms. The fraction of sp³-hybridized carbons (Fsp3) is 0.269. The van der Waals surface area contributed by atoms with E-state index in [9.17, 15) is 9.59 Å². The van der Waals surface area contributed by atoms with Gasteiger partial charge in [-0.05, 0) is 23.8 Å². The van der Waals surface area contributed by atoms with Crippen LogP contribution in [0.15, 0.2) is 60.0 Å². The quantitative estimate of drug-likeness (QED) is 0.292. The monoisotopic (exact) mass is 511 g/mol. The summed E-state index contributed by atoms with van der Waals surface area (Å²) in [5.41, 5.74) is 4.53. The number of thiazole rings is 1. The lowest BCUT2D eigenvalue weighted by Gasteiger charge is -2.43. The number of carbonyl (C=O) groups is 2. The number of nitrogens with one attached hydrogen (secondary N) is 1. The fourth-order valence-corrected chi connectivity index (χ4v) is 5.36. The zero-order valence-electron chi connectivity index (χ0n) is 19.0. The smallest absolute Gasteiger partial charge is 0.267 e. The summed E-state index contributed by atoms with van der Waals surface area (Å²) in [4.78, 5) is 31.4. The average molecular weight is 512 g/mol. The molecule has 182 valence electrons. The van der Waals surface area contributed by atoms with Gasteiger partial charge < -0.3 is 4.74 Å². The zero-order valence-corrected chi connectivity index (χ0v) is 20.6. The Labute approximate surface area is 213 Å². The van der Waals surface area contributed by atoms with Gasteiger partial charge in [0.15, 0.2) is 5.78 Å². The summed E-state index contributed by atoms with van der Waals surface area (Å²) in [7, 11) is 0. The van der Waals surface area contributed by atoms with Crippen molar-refractivity contribution in [2.45, 2.75) is 31.4 Å². The highest BCUT2D eigenvalue weighted by Gasteiger charge is 2.43. The molecule has 1 saturated heterocycles. The van der Waals surface area contributed by atoms with Crippen LogP contribution in [0.25, 0.3) is 16.6 Å². The van der Waals surface area contributed by atoms with Crippen LogP contribution in [-0.2, 0) is 11.3 Å². The average Bonchev–Trinajstić information content (AvgIpc) is 3.33. The molecule has 2 aliphatic heterocycles. The number of fused-ring (bicyclic) bond motifs is 1. The lowest BCUT2D eigenvalue weighted by atomic mass is 9.82. The number of hydrogen-bond acceptors (Lipinski definition) is 7. The fourth-order valence-electron chi connectivity index (χ4n) is 4.54. The molecule has 2 aliphatic rings. The van der Waals surface area contributed by atoms with Crippen molar-refractivity contribution in [3.8, 4) is 16.3 Å². The molecule has 0 radical (unpaired) electrons. The van der Waals surface area contributed by atoms with Gasteiger partial charge in [0.1, 0.15) is 16.4 Å². The number of benzene rings is 2. The first-order valence-electron chi connectivity index (χ1n) is 11.2. The van der Waals surface area contributed by atoms with Crippen LogP contribution in [0.2, 0.25) is 0 Å². The molecule has 5 rings (SSSR count). The summed E-state index contributed by atoms with van der Waals surface area (Å²) in [5.74, 6) is 0.0315. The Bertz CT molecular complexity index is 1240. The van der Waals surface area contributed by atoms with E-state index in [4.69, 9.17) is 14.9 Å². The number of nitrogens with zero attached hydrogens (tertiary/aromatic N) is 2. The lowest BCUT2D eigenvalue weighted by molar-refractivity contribution is -0.124. The first-order chi connectivity index (χ1) is 16.5. The third-order valence-corrected chi connectivity index (χ3v) is 7.32. The minimum Gasteiger partial charge on any atom is -0.486 e. The molecule has 1 fully saturated rings. The van der Waals surface area contributed by atoms with Gasteiger partial charge in [-0.25, -0.2) is 10.5 Å². The van der Waals surface area contributed by atoms with Crippen LogP contribution in [0.4, 0.5) is 0 Å². The highest BCUT2D eigenvalue weighted by Crippen LogP contribution is 2.40. The van der Waals surface area contributed by atoms with Gasteiger partial charge >= 0.3 is 0 Å². The van der Waals surface area contributed by atoms with Gasteiger partial charge in [0.25, 0.3) is 5.91 Å². The molecular weight excluding hydrogens is 486 g/mol. The number of likely N-dealkylation sites (tertiary alicyclic amines) is 1. The molecule has 7 nitrogen and oxygen atoms in total. The Hall–Kier alpha value is -3.04. The molecule has 0 bridgehead atoms. The number of aromatic nitrogens is 1. The largest absolute Gasteiger partial charge is 0.486 e. The molecule has 2 aromatic carbocycles. The van der Waals surface area contributed by atoms with E-state index in [1.54, 1.807) is 41.1 Å². The summed E-state index contributed by atoms with van der Waals surface area (Å²) >= 11 is 1.67. The number of carbonyl (C=O) groups excluding carboxylic acids is 2. The number of amides is 1. The normalized spacial score (nSPS) is 17.0. The molecule has 0 unspecified atom stereocenters. The summed E-state index contributed by atoms with van der Waals surface area (Å²) in [6.07, 6.45) is 4.67. The topological polar surface area (TPSA) is 91.8 Å². The second-order valence-electron chi connectivity index (χ2n) is 8.74. The van der Waals surface area contributed by atoms with Crippen molar-refractivity contribution in [2.24, 2.45) is 0 Å². The van der Waals surface area contributed by atoms with Crippen LogP contribution in [0.1, 0.15) is 40.9 Å². The summed E-state index contributed by atoms with van der Waals surface area (Å²) in [6.45, 7) is 2.48. The third-order valence-electron chi connectivity index (χ3n) is 6.38. The van der Waals surface area contributed by atoms with Crippen molar-refractivity contribution < 1.29 is 19.5 Å². The van der Waals surface area contributed by atoms with Crippen LogP contribution < -0.4 is 10.2 Å². The van der Waals surface area contributed by atoms with E-state index in [1.807, 2.05) is 18.2 Å². The van der Waals surface area contributed by atoms with Crippen molar-refractivity contribution in [3.63, 3.8) is 0 Å². The molecule has 3 heterocycles. The maximum Gasteiger partial charge on any atom is 0.267 e. The van der Waals surface area contributed by atoms with Crippen molar-refractivity contribution in [3.05, 3.63) is 76.8 Å². The molecule has 0 saturated carbocycles. The van der Waals surface area contributed by atoms with Crippen LogP contribution in [0.3, 0.4) is 0 Å². The zero-order chi connectivity index (χ0) is 23.5. The minimum atomic E-state index is -0.625. The molecule has 3 aromatic rings. The second kappa shape index (κ2) is 10.7. The number of rotatable bonds is 5. The lowest BCUT2D eigenvalue weighted by Crippen LogP contribution is -2.50. The van der Waals surface area contributed by atoms with E-state index in [0.29, 0.717) is 23.3 Å². The van der Waals surface area contributed by atoms with E-state index in [1.165, 1.54) is 6.08 Å². The summed E-state index contributed by atoms with van der Waals surface area (Å²) in [5, 5.41) is 11.8. The van der Waals surface area contributed by atoms with E-state index >= 15 is 0 Å². The van der Waals surface area contributed by atoms with E-state index in [0.717, 1.165) is 48.7 Å². The number of halogens is 1. The molecule has 0 atom stereocenters. The van der Waals surface area contributed by atoms with E-state index in [-0.39, 0.29) is 18.2 Å². The van der Waals surface area contributed by atoms with Gasteiger partial charge in [0, 0.05) is 49.5 Å². The van der Waals surface area contributed by atoms with Crippen LogP contribution in [0, 0.1) is 0 Å². The molecule has 1 amide bonds. The molecule has 0 aliphatic carbocycles. The molecule has 1 spiro atoms. The highest BCUT2D eigenvalue weighted by molar-refractivity contribution is 7.13.